The van der Waals surface area contributed by atoms with Crippen LogP contribution < -0.4 is 4.74 Å². The zero-order valence-electron chi connectivity index (χ0n) is 10.9. The van der Waals surface area contributed by atoms with Crippen molar-refractivity contribution in [1.29, 1.82) is 0 Å². The quantitative estimate of drug-likeness (QED) is 0.846. The second-order valence-electron chi connectivity index (χ2n) is 4.37. The van der Waals surface area contributed by atoms with Crippen molar-refractivity contribution in [3.63, 3.8) is 0 Å². The minimum absolute atomic E-state index is 0.0294. The smallest absolute Gasteiger partial charge is 0.135 e. The number of ether oxygens (including phenoxy) is 1. The highest BCUT2D eigenvalue weighted by molar-refractivity contribution is 6.36. The van der Waals surface area contributed by atoms with Gasteiger partial charge in [0.25, 0.3) is 0 Å². The third-order valence-corrected chi connectivity index (χ3v) is 3.82. The molecule has 100 valence electrons. The van der Waals surface area contributed by atoms with Crippen molar-refractivity contribution in [2.24, 2.45) is 0 Å². The van der Waals surface area contributed by atoms with Gasteiger partial charge in [0.2, 0.25) is 0 Å². The Balaban J connectivity index is 2.72. The largest absolute Gasteiger partial charge is 0.506 e. The summed E-state index contributed by atoms with van der Waals surface area (Å²) in [5, 5.41) is 10.2. The molecule has 0 heterocycles. The van der Waals surface area contributed by atoms with E-state index in [-0.39, 0.29) is 10.8 Å². The first kappa shape index (κ1) is 14.0. The molecule has 0 bridgehead atoms. The molecule has 1 N–H and O–H groups in total. The molecule has 0 amide bonds. The molecular formula is C15H14Cl2O2. The van der Waals surface area contributed by atoms with Gasteiger partial charge in [-0.05, 0) is 31.0 Å². The van der Waals surface area contributed by atoms with E-state index in [1.807, 2.05) is 26.0 Å². The Labute approximate surface area is 122 Å². The number of hydrogen-bond acceptors (Lipinski definition) is 2. The first-order valence-corrected chi connectivity index (χ1v) is 6.54. The Kier molecular flexibility index (Phi) is 3.93. The molecule has 0 saturated heterocycles. The Morgan fingerprint density at radius 2 is 1.68 bits per heavy atom. The molecule has 0 aliphatic rings. The number of methoxy groups -OCH3 is 1. The fraction of sp³-hybridized carbons (Fsp3) is 0.200. The summed E-state index contributed by atoms with van der Waals surface area (Å²) in [7, 11) is 1.63. The maximum Gasteiger partial charge on any atom is 0.135 e. The van der Waals surface area contributed by atoms with E-state index < -0.39 is 0 Å². The van der Waals surface area contributed by atoms with E-state index in [0.717, 1.165) is 28.0 Å². The van der Waals surface area contributed by atoms with Crippen LogP contribution in [0.25, 0.3) is 11.1 Å². The maximum atomic E-state index is 9.55. The van der Waals surface area contributed by atoms with Crippen LogP contribution in [0.4, 0.5) is 0 Å². The lowest BCUT2D eigenvalue weighted by Crippen LogP contribution is -1.94. The standard InChI is InChI=1S/C15H14Cl2O2/c1-8-4-5-10(15(19-3)9(8)2)11-6-13(17)14(18)7-12(11)16/h4-7,18H,1-3H3. The average molecular weight is 297 g/mol. The summed E-state index contributed by atoms with van der Waals surface area (Å²) in [6, 6.07) is 7.03. The van der Waals surface area contributed by atoms with Crippen molar-refractivity contribution >= 4 is 23.2 Å². The third kappa shape index (κ3) is 2.51. The number of hydrogen-bond donors (Lipinski definition) is 1. The lowest BCUT2D eigenvalue weighted by molar-refractivity contribution is 0.413. The van der Waals surface area contributed by atoms with Crippen LogP contribution in [0.1, 0.15) is 11.1 Å². The van der Waals surface area contributed by atoms with E-state index in [4.69, 9.17) is 27.9 Å². The summed E-state index contributed by atoms with van der Waals surface area (Å²) in [5.74, 6) is 0.738. The first-order valence-electron chi connectivity index (χ1n) is 5.78. The van der Waals surface area contributed by atoms with Gasteiger partial charge < -0.3 is 9.84 Å². The lowest BCUT2D eigenvalue weighted by Gasteiger charge is -2.15. The van der Waals surface area contributed by atoms with Gasteiger partial charge in [-0.25, -0.2) is 0 Å². The number of rotatable bonds is 2. The van der Waals surface area contributed by atoms with Gasteiger partial charge in [0.05, 0.1) is 17.2 Å². The molecule has 0 unspecified atom stereocenters. The van der Waals surface area contributed by atoms with Gasteiger partial charge >= 0.3 is 0 Å². The van der Waals surface area contributed by atoms with Crippen LogP contribution in [0.15, 0.2) is 24.3 Å². The van der Waals surface area contributed by atoms with Crippen LogP contribution >= 0.6 is 23.2 Å². The van der Waals surface area contributed by atoms with Crippen molar-refractivity contribution in [2.45, 2.75) is 13.8 Å². The highest BCUT2D eigenvalue weighted by atomic mass is 35.5. The predicted molar refractivity (Wildman–Crippen MR) is 79.6 cm³/mol. The fourth-order valence-electron chi connectivity index (χ4n) is 2.01. The summed E-state index contributed by atoms with van der Waals surface area (Å²) in [6.07, 6.45) is 0. The second-order valence-corrected chi connectivity index (χ2v) is 5.19. The van der Waals surface area contributed by atoms with Crippen LogP contribution in [0.5, 0.6) is 11.5 Å². The highest BCUT2D eigenvalue weighted by Crippen LogP contribution is 2.41. The number of halogens is 2. The molecule has 0 atom stereocenters. The van der Waals surface area contributed by atoms with E-state index in [2.05, 4.69) is 0 Å². The van der Waals surface area contributed by atoms with E-state index in [1.165, 1.54) is 6.07 Å². The summed E-state index contributed by atoms with van der Waals surface area (Å²) in [6.45, 7) is 4.01. The van der Waals surface area contributed by atoms with Crippen LogP contribution in [-0.4, -0.2) is 12.2 Å². The van der Waals surface area contributed by atoms with Gasteiger partial charge in [0.15, 0.2) is 0 Å². The second kappa shape index (κ2) is 5.32. The molecule has 0 fully saturated rings. The first-order chi connectivity index (χ1) is 8.95. The monoisotopic (exact) mass is 296 g/mol. The zero-order valence-corrected chi connectivity index (χ0v) is 12.4. The molecule has 2 nitrogen and oxygen atoms in total. The van der Waals surface area contributed by atoms with Crippen molar-refractivity contribution in [2.75, 3.05) is 7.11 Å². The van der Waals surface area contributed by atoms with Crippen molar-refractivity contribution in [3.05, 3.63) is 45.4 Å². The number of phenols is 1. The molecule has 0 aliphatic heterocycles. The average Bonchev–Trinajstić information content (AvgIpc) is 2.37. The maximum absolute atomic E-state index is 9.55. The van der Waals surface area contributed by atoms with E-state index in [0.29, 0.717) is 5.02 Å². The minimum Gasteiger partial charge on any atom is -0.506 e. The summed E-state index contributed by atoms with van der Waals surface area (Å²) in [5.41, 5.74) is 3.80. The van der Waals surface area contributed by atoms with Crippen LogP contribution in [0.3, 0.4) is 0 Å². The SMILES string of the molecule is COc1c(-c2cc(Cl)c(O)cc2Cl)ccc(C)c1C. The Morgan fingerprint density at radius 3 is 2.32 bits per heavy atom. The topological polar surface area (TPSA) is 29.5 Å². The molecule has 19 heavy (non-hydrogen) atoms. The molecule has 0 saturated carbocycles. The summed E-state index contributed by atoms with van der Waals surface area (Å²) < 4.78 is 5.47. The normalized spacial score (nSPS) is 10.6. The molecule has 4 heteroatoms. The van der Waals surface area contributed by atoms with Crippen molar-refractivity contribution in [3.8, 4) is 22.6 Å². The summed E-state index contributed by atoms with van der Waals surface area (Å²) >= 11 is 12.1. The van der Waals surface area contributed by atoms with Gasteiger partial charge in [0, 0.05) is 17.2 Å². The number of aromatic hydroxyl groups is 1. The summed E-state index contributed by atoms with van der Waals surface area (Å²) in [4.78, 5) is 0. The molecule has 0 aromatic heterocycles. The minimum atomic E-state index is -0.0294. The molecule has 2 aromatic rings. The molecule has 2 aromatic carbocycles. The van der Waals surface area contributed by atoms with Crippen molar-refractivity contribution < 1.29 is 9.84 Å². The lowest BCUT2D eigenvalue weighted by atomic mass is 9.98. The molecule has 0 aliphatic carbocycles. The van der Waals surface area contributed by atoms with Gasteiger partial charge in [0.1, 0.15) is 11.5 Å². The molecular weight excluding hydrogens is 283 g/mol. The number of phenolic OH excluding ortho intramolecular Hbond substituents is 1. The number of benzene rings is 2. The number of aryl methyl sites for hydroxylation is 1. The van der Waals surface area contributed by atoms with Crippen molar-refractivity contribution in [1.82, 2.24) is 0 Å². The Morgan fingerprint density at radius 1 is 1.00 bits per heavy atom. The van der Waals surface area contributed by atoms with Crippen LogP contribution in [0, 0.1) is 13.8 Å². The van der Waals surface area contributed by atoms with Gasteiger partial charge in [-0.3, -0.25) is 0 Å². The molecule has 2 rings (SSSR count). The van der Waals surface area contributed by atoms with Crippen LogP contribution in [0.2, 0.25) is 10.0 Å². The highest BCUT2D eigenvalue weighted by Gasteiger charge is 2.15. The van der Waals surface area contributed by atoms with Gasteiger partial charge in [-0.15, -0.1) is 0 Å². The fourth-order valence-corrected chi connectivity index (χ4v) is 2.43. The molecule has 0 spiro atoms. The van der Waals surface area contributed by atoms with Gasteiger partial charge in [-0.2, -0.15) is 0 Å². The van der Waals surface area contributed by atoms with E-state index in [9.17, 15) is 5.11 Å². The molecule has 0 radical (unpaired) electrons. The van der Waals surface area contributed by atoms with Crippen LogP contribution in [-0.2, 0) is 0 Å². The predicted octanol–water partition coefficient (Wildman–Crippen LogP) is 4.99. The van der Waals surface area contributed by atoms with E-state index >= 15 is 0 Å². The Hall–Kier alpha value is -1.38. The third-order valence-electron chi connectivity index (χ3n) is 3.21. The van der Waals surface area contributed by atoms with E-state index in [1.54, 1.807) is 13.2 Å². The van der Waals surface area contributed by atoms with Gasteiger partial charge in [-0.1, -0.05) is 35.3 Å². The zero-order chi connectivity index (χ0) is 14.2. The Bertz CT molecular complexity index is 637.